The Morgan fingerprint density at radius 1 is 1.06 bits per heavy atom. The summed E-state index contributed by atoms with van der Waals surface area (Å²) in [6, 6.07) is 0.421. The molecule has 0 amide bonds. The van der Waals surface area contributed by atoms with Crippen LogP contribution < -0.4 is 20.5 Å². The number of ether oxygens (including phenoxy) is 2. The van der Waals surface area contributed by atoms with Crippen LogP contribution in [0.5, 0.6) is 12.0 Å². The first kappa shape index (κ1) is 14.4. The Morgan fingerprint density at radius 3 is 1.89 bits per heavy atom. The normalized spacial score (nSPS) is 11.2. The molecule has 0 aliphatic rings. The van der Waals surface area contributed by atoms with Crippen LogP contribution in [0.15, 0.2) is 0 Å². The molecule has 3 N–H and O–H groups in total. The molecule has 7 heteroatoms. The smallest absolute Gasteiger partial charge is 0.324 e. The fraction of sp³-hybridized carbons (Fsp3) is 0.727. The second-order valence-corrected chi connectivity index (χ2v) is 3.95. The minimum atomic E-state index is -0.225. The lowest BCUT2D eigenvalue weighted by Crippen LogP contribution is -2.44. The summed E-state index contributed by atoms with van der Waals surface area (Å²) in [5.41, 5.74) is 5.60. The molecule has 1 aromatic heterocycles. The summed E-state index contributed by atoms with van der Waals surface area (Å²) < 4.78 is 10.00. The van der Waals surface area contributed by atoms with Gasteiger partial charge in [0.05, 0.1) is 19.8 Å². The first-order valence-electron chi connectivity index (χ1n) is 5.95. The van der Waals surface area contributed by atoms with Crippen molar-refractivity contribution in [3.05, 3.63) is 0 Å². The van der Waals surface area contributed by atoms with E-state index in [1.807, 2.05) is 0 Å². The molecule has 0 saturated carbocycles. The number of hydrogen-bond donors (Lipinski definition) is 2. The lowest BCUT2D eigenvalue weighted by molar-refractivity contribution is 0.339. The van der Waals surface area contributed by atoms with Gasteiger partial charge in [0.1, 0.15) is 0 Å². The second kappa shape index (κ2) is 6.34. The summed E-state index contributed by atoms with van der Waals surface area (Å²) in [4.78, 5) is 12.2. The quantitative estimate of drug-likeness (QED) is 0.744. The van der Waals surface area contributed by atoms with Crippen molar-refractivity contribution in [3.8, 4) is 12.0 Å². The van der Waals surface area contributed by atoms with Crippen molar-refractivity contribution in [2.75, 3.05) is 26.1 Å². The van der Waals surface area contributed by atoms with Crippen LogP contribution in [0.1, 0.15) is 26.7 Å². The molecule has 18 heavy (non-hydrogen) atoms. The maximum atomic E-state index is 5.82. The molecular formula is C11H21N5O2. The molecule has 0 unspecified atom stereocenters. The highest BCUT2D eigenvalue weighted by Gasteiger charge is 2.25. The van der Waals surface area contributed by atoms with E-state index in [2.05, 4.69) is 34.1 Å². The van der Waals surface area contributed by atoms with Crippen LogP contribution in [-0.4, -0.2) is 41.3 Å². The van der Waals surface area contributed by atoms with Crippen molar-refractivity contribution in [1.82, 2.24) is 15.0 Å². The van der Waals surface area contributed by atoms with Gasteiger partial charge in [0, 0.05) is 6.54 Å². The van der Waals surface area contributed by atoms with Crippen LogP contribution >= 0.6 is 0 Å². The molecule has 0 aromatic carbocycles. The Kier molecular flexibility index (Phi) is 5.08. The number of anilines is 1. The van der Waals surface area contributed by atoms with Crippen molar-refractivity contribution >= 4 is 5.95 Å². The standard InChI is InChI=1S/C11H21N5O2/c1-5-11(6-2,7-12)16-8-13-9(17-3)15-10(14-8)18-4/h5-7,12H2,1-4H3,(H,13,14,15,16). The molecule has 1 heterocycles. The minimum Gasteiger partial charge on any atom is -0.467 e. The number of aromatic nitrogens is 3. The van der Waals surface area contributed by atoms with E-state index < -0.39 is 0 Å². The number of nitrogens with zero attached hydrogens (tertiary/aromatic N) is 3. The van der Waals surface area contributed by atoms with Gasteiger partial charge in [-0.2, -0.15) is 9.97 Å². The lowest BCUT2D eigenvalue weighted by atomic mass is 9.93. The van der Waals surface area contributed by atoms with Crippen molar-refractivity contribution in [2.45, 2.75) is 32.2 Å². The molecular weight excluding hydrogens is 234 g/mol. The van der Waals surface area contributed by atoms with Crippen LogP contribution in [0.2, 0.25) is 0 Å². The summed E-state index contributed by atoms with van der Waals surface area (Å²) in [5.74, 6) is 0.410. The largest absolute Gasteiger partial charge is 0.467 e. The number of nitrogens with one attached hydrogen (secondary N) is 1. The zero-order valence-corrected chi connectivity index (χ0v) is 11.4. The van der Waals surface area contributed by atoms with E-state index in [9.17, 15) is 0 Å². The van der Waals surface area contributed by atoms with Gasteiger partial charge in [0.25, 0.3) is 0 Å². The van der Waals surface area contributed by atoms with Crippen LogP contribution in [0.4, 0.5) is 5.95 Å². The van der Waals surface area contributed by atoms with Crippen molar-refractivity contribution < 1.29 is 9.47 Å². The van der Waals surface area contributed by atoms with Gasteiger partial charge in [-0.1, -0.05) is 13.8 Å². The summed E-state index contributed by atoms with van der Waals surface area (Å²) in [6.07, 6.45) is 1.74. The highest BCUT2D eigenvalue weighted by atomic mass is 16.5. The van der Waals surface area contributed by atoms with E-state index in [4.69, 9.17) is 15.2 Å². The van der Waals surface area contributed by atoms with E-state index >= 15 is 0 Å². The lowest BCUT2D eigenvalue weighted by Gasteiger charge is -2.31. The molecule has 1 rings (SSSR count). The number of hydrogen-bond acceptors (Lipinski definition) is 7. The third-order valence-electron chi connectivity index (χ3n) is 3.08. The third kappa shape index (κ3) is 3.19. The second-order valence-electron chi connectivity index (χ2n) is 3.95. The van der Waals surface area contributed by atoms with Crippen molar-refractivity contribution in [3.63, 3.8) is 0 Å². The van der Waals surface area contributed by atoms with Crippen LogP contribution in [-0.2, 0) is 0 Å². The van der Waals surface area contributed by atoms with Gasteiger partial charge >= 0.3 is 12.0 Å². The fourth-order valence-corrected chi connectivity index (χ4v) is 1.58. The van der Waals surface area contributed by atoms with Crippen LogP contribution in [0.25, 0.3) is 0 Å². The third-order valence-corrected chi connectivity index (χ3v) is 3.08. The van der Waals surface area contributed by atoms with E-state index in [0.717, 1.165) is 12.8 Å². The first-order valence-corrected chi connectivity index (χ1v) is 5.95. The average Bonchev–Trinajstić information content (AvgIpc) is 2.44. The van der Waals surface area contributed by atoms with E-state index in [0.29, 0.717) is 12.5 Å². The van der Waals surface area contributed by atoms with Gasteiger partial charge < -0.3 is 20.5 Å². The maximum absolute atomic E-state index is 5.82. The fourth-order valence-electron chi connectivity index (χ4n) is 1.58. The van der Waals surface area contributed by atoms with E-state index in [1.54, 1.807) is 0 Å². The molecule has 102 valence electrons. The molecule has 0 aliphatic carbocycles. The highest BCUT2D eigenvalue weighted by Crippen LogP contribution is 2.21. The Labute approximate surface area is 107 Å². The molecule has 0 fully saturated rings. The highest BCUT2D eigenvalue weighted by molar-refractivity contribution is 5.32. The Bertz CT molecular complexity index is 351. The van der Waals surface area contributed by atoms with Gasteiger partial charge in [-0.15, -0.1) is 4.98 Å². The Morgan fingerprint density at radius 2 is 1.56 bits per heavy atom. The van der Waals surface area contributed by atoms with E-state index in [1.165, 1.54) is 14.2 Å². The molecule has 7 nitrogen and oxygen atoms in total. The summed E-state index contributed by atoms with van der Waals surface area (Å²) >= 11 is 0. The molecule has 0 saturated heterocycles. The Balaban J connectivity index is 3.01. The SMILES string of the molecule is CCC(CC)(CN)Nc1nc(OC)nc(OC)n1. The van der Waals surface area contributed by atoms with Crippen molar-refractivity contribution in [2.24, 2.45) is 5.73 Å². The molecule has 1 aromatic rings. The van der Waals surface area contributed by atoms with Gasteiger partial charge in [-0.25, -0.2) is 0 Å². The maximum Gasteiger partial charge on any atom is 0.324 e. The molecule has 0 bridgehead atoms. The summed E-state index contributed by atoms with van der Waals surface area (Å²) in [7, 11) is 2.99. The predicted molar refractivity (Wildman–Crippen MR) is 68.9 cm³/mol. The molecule has 0 aliphatic heterocycles. The first-order chi connectivity index (χ1) is 8.62. The number of methoxy groups -OCH3 is 2. The Hall–Kier alpha value is -1.63. The molecule has 0 spiro atoms. The van der Waals surface area contributed by atoms with Gasteiger partial charge in [0.15, 0.2) is 0 Å². The average molecular weight is 255 g/mol. The van der Waals surface area contributed by atoms with Gasteiger partial charge in [-0.3, -0.25) is 0 Å². The van der Waals surface area contributed by atoms with Crippen LogP contribution in [0, 0.1) is 0 Å². The molecule has 0 atom stereocenters. The topological polar surface area (TPSA) is 95.2 Å². The van der Waals surface area contributed by atoms with Crippen LogP contribution in [0.3, 0.4) is 0 Å². The zero-order valence-electron chi connectivity index (χ0n) is 11.4. The number of nitrogens with two attached hydrogens (primary N) is 1. The summed E-state index contributed by atoms with van der Waals surface area (Å²) in [6.45, 7) is 4.63. The van der Waals surface area contributed by atoms with Gasteiger partial charge in [0.2, 0.25) is 5.95 Å². The summed E-state index contributed by atoms with van der Waals surface area (Å²) in [5, 5.41) is 3.24. The minimum absolute atomic E-state index is 0.211. The van der Waals surface area contributed by atoms with E-state index in [-0.39, 0.29) is 17.6 Å². The zero-order chi connectivity index (χ0) is 13.6. The van der Waals surface area contributed by atoms with Crippen molar-refractivity contribution in [1.29, 1.82) is 0 Å². The van der Waals surface area contributed by atoms with Gasteiger partial charge in [-0.05, 0) is 12.8 Å². The predicted octanol–water partition coefficient (Wildman–Crippen LogP) is 0.818. The monoisotopic (exact) mass is 255 g/mol. The molecule has 0 radical (unpaired) electrons. The number of rotatable bonds is 7.